The summed E-state index contributed by atoms with van der Waals surface area (Å²) in [5.41, 5.74) is 9.18. The first kappa shape index (κ1) is 26.6. The first-order chi connectivity index (χ1) is 16.8. The van der Waals surface area contributed by atoms with Crippen molar-refractivity contribution >= 4 is 45.6 Å². The fraction of sp³-hybridized carbons (Fsp3) is 0.360. The maximum Gasteiger partial charge on any atom is 0.274 e. The first-order valence-corrected chi connectivity index (χ1v) is 13.5. The number of halogens is 2. The third-order valence-electron chi connectivity index (χ3n) is 7.26. The third-order valence-corrected chi connectivity index (χ3v) is 9.21. The maximum atomic E-state index is 13.5. The summed E-state index contributed by atoms with van der Waals surface area (Å²) >= 11 is 6.16. The topological polar surface area (TPSA) is 110 Å². The molecule has 11 heteroatoms. The Bertz CT molecular complexity index is 1370. The molecule has 0 saturated heterocycles. The van der Waals surface area contributed by atoms with Gasteiger partial charge in [0.2, 0.25) is 0 Å². The number of rotatable bonds is 6. The zero-order chi connectivity index (χ0) is 24.8. The lowest BCUT2D eigenvalue weighted by molar-refractivity contribution is -0.116. The maximum absolute atomic E-state index is 13.5. The van der Waals surface area contributed by atoms with Gasteiger partial charge < -0.3 is 11.1 Å². The molecule has 1 amide bonds. The molecule has 8 nitrogen and oxygen atoms in total. The summed E-state index contributed by atoms with van der Waals surface area (Å²) in [6, 6.07) is 13.4. The Morgan fingerprint density at radius 3 is 2.56 bits per heavy atom. The number of anilines is 1. The van der Waals surface area contributed by atoms with Gasteiger partial charge in [-0.25, -0.2) is 12.7 Å². The zero-order valence-corrected chi connectivity index (χ0v) is 22.2. The van der Waals surface area contributed by atoms with Crippen LogP contribution < -0.4 is 15.4 Å². The van der Waals surface area contributed by atoms with E-state index < -0.39 is 22.5 Å². The summed E-state index contributed by atoms with van der Waals surface area (Å²) in [5.74, 6) is -0.704. The number of nitrogens with zero attached hydrogens (tertiary/aromatic N) is 3. The van der Waals surface area contributed by atoms with E-state index in [1.165, 1.54) is 22.6 Å². The molecule has 36 heavy (non-hydrogen) atoms. The minimum absolute atomic E-state index is 0. The molecule has 2 aliphatic rings. The van der Waals surface area contributed by atoms with Crippen molar-refractivity contribution in [3.63, 3.8) is 0 Å². The summed E-state index contributed by atoms with van der Waals surface area (Å²) < 4.78 is 29.2. The van der Waals surface area contributed by atoms with E-state index in [0.29, 0.717) is 5.02 Å². The smallest absolute Gasteiger partial charge is 0.274 e. The molecule has 192 valence electrons. The molecule has 2 aromatic carbocycles. The van der Waals surface area contributed by atoms with Crippen LogP contribution in [0.2, 0.25) is 5.02 Å². The van der Waals surface area contributed by atoms with Gasteiger partial charge in [0, 0.05) is 29.7 Å². The molecule has 1 fully saturated rings. The Labute approximate surface area is 222 Å². The monoisotopic (exact) mass is 549 g/mol. The van der Waals surface area contributed by atoms with Gasteiger partial charge in [0.25, 0.3) is 15.9 Å². The van der Waals surface area contributed by atoms with Crippen LogP contribution in [0.5, 0.6) is 0 Å². The predicted octanol–water partition coefficient (Wildman–Crippen LogP) is 3.48. The standard InChI is InChI=1S/C25H28ClN5O3S.ClH/c1-30-16-21(15-29-30)35(33,34)31(23(32)14-27)20-8-3-17-9-12-28-24(22(17)13-20)25(10-2-11-25)18-4-6-19(26)7-5-18;/h3-8,13,15-16,24,28H,2,9-12,14,27H2,1H3;1H. The molecule has 1 aliphatic heterocycles. The Balaban J connectivity index is 0.00000304. The molecule has 1 aromatic heterocycles. The second-order valence-electron chi connectivity index (χ2n) is 9.25. The molecule has 1 atom stereocenters. The number of hydrogen-bond acceptors (Lipinski definition) is 6. The second-order valence-corrected chi connectivity index (χ2v) is 11.5. The molecule has 3 aromatic rings. The van der Waals surface area contributed by atoms with E-state index in [2.05, 4.69) is 22.5 Å². The summed E-state index contributed by atoms with van der Waals surface area (Å²) in [7, 11) is -2.56. The number of aryl methyl sites for hydroxylation is 1. The molecular weight excluding hydrogens is 521 g/mol. The number of sulfonamides is 1. The summed E-state index contributed by atoms with van der Waals surface area (Å²) in [6.07, 6.45) is 6.56. The van der Waals surface area contributed by atoms with Crippen molar-refractivity contribution in [2.45, 2.75) is 42.0 Å². The first-order valence-electron chi connectivity index (χ1n) is 11.7. The molecule has 2 heterocycles. The van der Waals surface area contributed by atoms with Gasteiger partial charge in [-0.2, -0.15) is 5.10 Å². The molecule has 0 radical (unpaired) electrons. The lowest BCUT2D eigenvalue weighted by Gasteiger charge is -2.50. The van der Waals surface area contributed by atoms with E-state index in [1.54, 1.807) is 13.1 Å². The van der Waals surface area contributed by atoms with E-state index in [0.717, 1.165) is 47.7 Å². The molecule has 3 N–H and O–H groups in total. The molecular formula is C25H29Cl2N5O3S. The van der Waals surface area contributed by atoms with Gasteiger partial charge in [-0.3, -0.25) is 9.48 Å². The zero-order valence-electron chi connectivity index (χ0n) is 19.9. The van der Waals surface area contributed by atoms with Crippen molar-refractivity contribution in [1.29, 1.82) is 0 Å². The average Bonchev–Trinajstić information content (AvgIpc) is 3.27. The lowest BCUT2D eigenvalue weighted by atomic mass is 9.58. The minimum Gasteiger partial charge on any atom is -0.322 e. The number of aromatic nitrogens is 2. The average molecular weight is 551 g/mol. The van der Waals surface area contributed by atoms with Gasteiger partial charge in [0.1, 0.15) is 4.90 Å². The number of nitrogens with one attached hydrogen (secondary N) is 1. The van der Waals surface area contributed by atoms with Crippen molar-refractivity contribution in [3.05, 3.63) is 76.6 Å². The fourth-order valence-corrected chi connectivity index (χ4v) is 6.92. The van der Waals surface area contributed by atoms with Crippen LogP contribution in [0, 0.1) is 0 Å². The van der Waals surface area contributed by atoms with Crippen LogP contribution in [0.15, 0.2) is 59.8 Å². The molecule has 1 unspecified atom stereocenters. The largest absolute Gasteiger partial charge is 0.322 e. The van der Waals surface area contributed by atoms with E-state index >= 15 is 0 Å². The van der Waals surface area contributed by atoms with Crippen molar-refractivity contribution in [2.24, 2.45) is 12.8 Å². The Kier molecular flexibility index (Phi) is 7.50. The molecule has 5 rings (SSSR count). The van der Waals surface area contributed by atoms with Crippen LogP contribution >= 0.6 is 24.0 Å². The number of nitrogens with two attached hydrogens (primary N) is 1. The third kappa shape index (κ3) is 4.43. The molecule has 0 bridgehead atoms. The van der Waals surface area contributed by atoms with Gasteiger partial charge in [-0.05, 0) is 66.8 Å². The van der Waals surface area contributed by atoms with Crippen LogP contribution in [0.25, 0.3) is 0 Å². The van der Waals surface area contributed by atoms with Gasteiger partial charge in [-0.1, -0.05) is 36.2 Å². The van der Waals surface area contributed by atoms with Crippen molar-refractivity contribution in [1.82, 2.24) is 15.1 Å². The number of carbonyl (C=O) groups excluding carboxylic acids is 1. The Morgan fingerprint density at radius 2 is 1.97 bits per heavy atom. The van der Waals surface area contributed by atoms with E-state index in [1.807, 2.05) is 24.3 Å². The van der Waals surface area contributed by atoms with Gasteiger partial charge in [0.05, 0.1) is 18.4 Å². The van der Waals surface area contributed by atoms with Crippen LogP contribution in [0.3, 0.4) is 0 Å². The fourth-order valence-electron chi connectivity index (χ4n) is 5.38. The number of benzene rings is 2. The van der Waals surface area contributed by atoms with E-state index in [4.69, 9.17) is 17.3 Å². The molecule has 1 aliphatic carbocycles. The van der Waals surface area contributed by atoms with Gasteiger partial charge >= 0.3 is 0 Å². The second kappa shape index (κ2) is 10.1. The van der Waals surface area contributed by atoms with Gasteiger partial charge in [0.15, 0.2) is 0 Å². The lowest BCUT2D eigenvalue weighted by Crippen LogP contribution is -2.49. The number of hydrogen-bond donors (Lipinski definition) is 2. The SMILES string of the molecule is Cl.Cn1cc(S(=O)(=O)N(C(=O)CN)c2ccc3c(c2)C(C2(c4ccc(Cl)cc4)CCC2)NCC3)cn1. The summed E-state index contributed by atoms with van der Waals surface area (Å²) in [4.78, 5) is 12.8. The Morgan fingerprint density at radius 1 is 1.25 bits per heavy atom. The highest BCUT2D eigenvalue weighted by atomic mass is 35.5. The Hall–Kier alpha value is -2.43. The van der Waals surface area contributed by atoms with Crippen LogP contribution in [-0.2, 0) is 33.7 Å². The highest BCUT2D eigenvalue weighted by molar-refractivity contribution is 7.93. The normalized spacial score (nSPS) is 18.5. The summed E-state index contributed by atoms with van der Waals surface area (Å²) in [6.45, 7) is 0.388. The number of amides is 1. The quantitative estimate of drug-likeness (QED) is 0.487. The highest BCUT2D eigenvalue weighted by Gasteiger charge is 2.47. The van der Waals surface area contributed by atoms with Gasteiger partial charge in [-0.15, -0.1) is 12.4 Å². The number of carbonyl (C=O) groups is 1. The molecule has 0 spiro atoms. The minimum atomic E-state index is -4.19. The van der Waals surface area contributed by atoms with Crippen molar-refractivity contribution < 1.29 is 13.2 Å². The van der Waals surface area contributed by atoms with Crippen LogP contribution in [0.4, 0.5) is 5.69 Å². The van der Waals surface area contributed by atoms with Crippen molar-refractivity contribution in [3.8, 4) is 0 Å². The predicted molar refractivity (Wildman–Crippen MR) is 142 cm³/mol. The van der Waals surface area contributed by atoms with Crippen LogP contribution in [0.1, 0.15) is 42.0 Å². The highest BCUT2D eigenvalue weighted by Crippen LogP contribution is 2.54. The summed E-state index contributed by atoms with van der Waals surface area (Å²) in [5, 5.41) is 8.35. The van der Waals surface area contributed by atoms with E-state index in [-0.39, 0.29) is 34.4 Å². The number of fused-ring (bicyclic) bond motifs is 1. The van der Waals surface area contributed by atoms with Crippen LogP contribution in [-0.4, -0.2) is 37.2 Å². The van der Waals surface area contributed by atoms with Crippen molar-refractivity contribution in [2.75, 3.05) is 17.4 Å². The molecule has 1 saturated carbocycles. The van der Waals surface area contributed by atoms with E-state index in [9.17, 15) is 13.2 Å².